The molecule has 1 aromatic carbocycles. The van der Waals surface area contributed by atoms with Gasteiger partial charge in [-0.1, -0.05) is 62.8 Å². The van der Waals surface area contributed by atoms with Gasteiger partial charge in [-0.25, -0.2) is 4.79 Å². The van der Waals surface area contributed by atoms with Crippen LogP contribution in [-0.2, 0) is 4.74 Å². The van der Waals surface area contributed by atoms with Crippen LogP contribution < -0.4 is 0 Å². The molecule has 1 saturated heterocycles. The third-order valence-electron chi connectivity index (χ3n) is 5.02. The van der Waals surface area contributed by atoms with Crippen LogP contribution in [0.25, 0.3) is 0 Å². The molecule has 0 aromatic heterocycles. The number of carbonyl (C=O) groups is 1. The number of carbonyl (C=O) groups excluding carboxylic acids is 1. The van der Waals surface area contributed by atoms with Crippen molar-refractivity contribution in [1.29, 1.82) is 0 Å². The van der Waals surface area contributed by atoms with Gasteiger partial charge in [0.25, 0.3) is 0 Å². The molecule has 2 aliphatic heterocycles. The van der Waals surface area contributed by atoms with Crippen molar-refractivity contribution in [2.45, 2.75) is 39.2 Å². The quantitative estimate of drug-likeness (QED) is 0.727. The first-order valence-corrected chi connectivity index (χ1v) is 8.03. The Kier molecular flexibility index (Phi) is 3.75. The highest BCUT2D eigenvalue weighted by atomic mass is 16.5. The van der Waals surface area contributed by atoms with E-state index in [9.17, 15) is 4.79 Å². The summed E-state index contributed by atoms with van der Waals surface area (Å²) in [4.78, 5) is 14.1. The van der Waals surface area contributed by atoms with Gasteiger partial charge in [0.15, 0.2) is 0 Å². The predicted molar refractivity (Wildman–Crippen MR) is 87.7 cm³/mol. The molecule has 0 spiro atoms. The number of rotatable bonds is 1. The molecule has 1 aromatic rings. The van der Waals surface area contributed by atoms with E-state index in [1.54, 1.807) is 0 Å². The Morgan fingerprint density at radius 1 is 1.23 bits per heavy atom. The third-order valence-corrected chi connectivity index (χ3v) is 5.02. The zero-order chi connectivity index (χ0) is 15.9. The lowest BCUT2D eigenvalue weighted by atomic mass is 9.65. The molecule has 3 aliphatic rings. The maximum absolute atomic E-state index is 12.2. The Hall–Kier alpha value is -1.77. The number of amides is 1. The summed E-state index contributed by atoms with van der Waals surface area (Å²) in [6, 6.07) is 10.6. The van der Waals surface area contributed by atoms with E-state index in [2.05, 4.69) is 51.1 Å². The number of nitrogens with zero attached hydrogens (tertiary/aromatic N) is 1. The number of piperidine rings is 1. The van der Waals surface area contributed by atoms with Crippen molar-refractivity contribution in [2.75, 3.05) is 13.7 Å². The number of fused-ring (bicyclic) bond motifs is 2. The van der Waals surface area contributed by atoms with Gasteiger partial charge in [0.05, 0.1) is 13.2 Å². The van der Waals surface area contributed by atoms with Gasteiger partial charge in [0.1, 0.15) is 0 Å². The van der Waals surface area contributed by atoms with Gasteiger partial charge in [0, 0.05) is 12.5 Å². The van der Waals surface area contributed by atoms with E-state index in [1.165, 1.54) is 18.2 Å². The second-order valence-electron chi connectivity index (χ2n) is 7.43. The molecule has 0 unspecified atom stereocenters. The van der Waals surface area contributed by atoms with Crippen LogP contribution in [0, 0.1) is 11.3 Å². The maximum atomic E-state index is 12.2. The van der Waals surface area contributed by atoms with Crippen LogP contribution in [0.2, 0.25) is 0 Å². The number of hydrogen-bond donors (Lipinski definition) is 0. The van der Waals surface area contributed by atoms with Crippen molar-refractivity contribution >= 4 is 6.09 Å². The first kappa shape index (κ1) is 15.1. The van der Waals surface area contributed by atoms with Gasteiger partial charge in [-0.2, -0.15) is 0 Å². The predicted octanol–water partition coefficient (Wildman–Crippen LogP) is 4.21. The van der Waals surface area contributed by atoms with Crippen LogP contribution in [-0.4, -0.2) is 30.7 Å². The van der Waals surface area contributed by atoms with Crippen LogP contribution in [0.15, 0.2) is 42.0 Å². The second kappa shape index (κ2) is 5.45. The molecule has 1 amide bonds. The molecule has 118 valence electrons. The minimum Gasteiger partial charge on any atom is -0.453 e. The summed E-state index contributed by atoms with van der Waals surface area (Å²) in [5.74, 6) is 0.791. The molecule has 0 N–H and O–H groups in total. The van der Waals surface area contributed by atoms with Crippen molar-refractivity contribution in [3.63, 3.8) is 0 Å². The normalized spacial score (nSPS) is 27.5. The lowest BCUT2D eigenvalue weighted by molar-refractivity contribution is 0.0686. The Balaban J connectivity index is 2.00. The lowest BCUT2D eigenvalue weighted by Gasteiger charge is -2.51. The summed E-state index contributed by atoms with van der Waals surface area (Å²) >= 11 is 0. The van der Waals surface area contributed by atoms with E-state index in [0.29, 0.717) is 11.8 Å². The van der Waals surface area contributed by atoms with E-state index in [4.69, 9.17) is 4.74 Å². The van der Waals surface area contributed by atoms with Crippen LogP contribution in [0.1, 0.15) is 38.7 Å². The zero-order valence-corrected chi connectivity index (χ0v) is 13.9. The van der Waals surface area contributed by atoms with Crippen molar-refractivity contribution in [3.05, 3.63) is 47.5 Å². The molecule has 3 atom stereocenters. The Morgan fingerprint density at radius 3 is 2.45 bits per heavy atom. The van der Waals surface area contributed by atoms with Gasteiger partial charge < -0.3 is 9.64 Å². The molecule has 3 nitrogen and oxygen atoms in total. The van der Waals surface area contributed by atoms with Crippen LogP contribution in [0.3, 0.4) is 0 Å². The number of benzene rings is 1. The molecule has 0 radical (unpaired) electrons. The number of ether oxygens (including phenoxy) is 1. The van der Waals surface area contributed by atoms with Crippen molar-refractivity contribution < 1.29 is 9.53 Å². The van der Waals surface area contributed by atoms with E-state index in [0.717, 1.165) is 13.0 Å². The molecule has 4 rings (SSSR count). The van der Waals surface area contributed by atoms with Crippen molar-refractivity contribution in [2.24, 2.45) is 11.3 Å². The fourth-order valence-electron chi connectivity index (χ4n) is 4.06. The molecule has 1 aliphatic carbocycles. The van der Waals surface area contributed by atoms with Gasteiger partial charge >= 0.3 is 6.09 Å². The van der Waals surface area contributed by atoms with Crippen molar-refractivity contribution in [3.8, 4) is 0 Å². The Labute approximate surface area is 133 Å². The van der Waals surface area contributed by atoms with E-state index < -0.39 is 0 Å². The maximum Gasteiger partial charge on any atom is 0.410 e. The second-order valence-corrected chi connectivity index (χ2v) is 7.43. The average Bonchev–Trinajstić information content (AvgIpc) is 2.53. The SMILES string of the molecule is COC(=O)N1C[C@H]2C[C@@H](c3ccccc3)[C@@H]1C=C2C(C)(C)C. The molecule has 2 heterocycles. The van der Waals surface area contributed by atoms with Crippen LogP contribution in [0.4, 0.5) is 4.79 Å². The van der Waals surface area contributed by atoms with Crippen molar-refractivity contribution in [1.82, 2.24) is 4.90 Å². The largest absolute Gasteiger partial charge is 0.453 e. The molecular weight excluding hydrogens is 274 g/mol. The average molecular weight is 299 g/mol. The number of methoxy groups -OCH3 is 1. The molecule has 0 saturated carbocycles. The monoisotopic (exact) mass is 299 g/mol. The Bertz CT molecular complexity index is 585. The highest BCUT2D eigenvalue weighted by molar-refractivity contribution is 5.69. The summed E-state index contributed by atoms with van der Waals surface area (Å²) in [6.45, 7) is 7.57. The first-order chi connectivity index (χ1) is 10.4. The topological polar surface area (TPSA) is 29.5 Å². The molecule has 22 heavy (non-hydrogen) atoms. The minimum absolute atomic E-state index is 0.106. The third kappa shape index (κ3) is 2.53. The minimum atomic E-state index is -0.208. The van der Waals surface area contributed by atoms with Gasteiger partial charge in [0.2, 0.25) is 0 Å². The fraction of sp³-hybridized carbons (Fsp3) is 0.526. The highest BCUT2D eigenvalue weighted by Crippen LogP contribution is 2.48. The van der Waals surface area contributed by atoms with Gasteiger partial charge in [-0.3, -0.25) is 0 Å². The number of hydrogen-bond acceptors (Lipinski definition) is 2. The molecule has 1 fully saturated rings. The van der Waals surface area contributed by atoms with E-state index in [1.807, 2.05) is 11.0 Å². The smallest absolute Gasteiger partial charge is 0.410 e. The Morgan fingerprint density at radius 2 is 1.91 bits per heavy atom. The van der Waals surface area contributed by atoms with Crippen LogP contribution >= 0.6 is 0 Å². The molecular formula is C19H25NO2. The molecule has 3 heteroatoms. The van der Waals surface area contributed by atoms with Crippen LogP contribution in [0.5, 0.6) is 0 Å². The van der Waals surface area contributed by atoms with E-state index in [-0.39, 0.29) is 17.6 Å². The van der Waals surface area contributed by atoms with E-state index >= 15 is 0 Å². The van der Waals surface area contributed by atoms with Gasteiger partial charge in [-0.15, -0.1) is 0 Å². The molecule has 2 bridgehead atoms. The summed E-state index contributed by atoms with van der Waals surface area (Å²) in [5.41, 5.74) is 2.97. The summed E-state index contributed by atoms with van der Waals surface area (Å²) < 4.78 is 5.01. The summed E-state index contributed by atoms with van der Waals surface area (Å²) in [7, 11) is 1.47. The first-order valence-electron chi connectivity index (χ1n) is 8.03. The van der Waals surface area contributed by atoms with Gasteiger partial charge in [-0.05, 0) is 23.3 Å². The standard InChI is InChI=1S/C19H25NO2/c1-19(2,3)16-11-17-15(13-8-6-5-7-9-13)10-14(16)12-20(17)18(21)22-4/h5-9,11,14-15,17H,10,12H2,1-4H3/t14-,15+,17+/m1/s1. The summed E-state index contributed by atoms with van der Waals surface area (Å²) in [5, 5.41) is 0. The zero-order valence-electron chi connectivity index (χ0n) is 13.9. The summed E-state index contributed by atoms with van der Waals surface area (Å²) in [6.07, 6.45) is 3.23. The highest BCUT2D eigenvalue weighted by Gasteiger charge is 2.46. The lowest BCUT2D eigenvalue weighted by Crippen LogP contribution is -2.54. The fourth-order valence-corrected chi connectivity index (χ4v) is 4.06.